The Morgan fingerprint density at radius 3 is 2.10 bits per heavy atom. The fourth-order valence-electron chi connectivity index (χ4n) is 1.57. The van der Waals surface area contributed by atoms with Crippen LogP contribution < -0.4 is 5.43 Å². The average Bonchev–Trinajstić information content (AvgIpc) is 2.48. The molecule has 0 aliphatic rings. The van der Waals surface area contributed by atoms with Crippen molar-refractivity contribution in [2.45, 2.75) is 0 Å². The fourth-order valence-corrected chi connectivity index (χ4v) is 1.57. The average molecular weight is 286 g/mol. The summed E-state index contributed by atoms with van der Waals surface area (Å²) in [5.41, 5.74) is 3.22. The molecule has 0 bridgehead atoms. The topological polar surface area (TPSA) is 111 Å². The molecule has 0 aromatic heterocycles. The monoisotopic (exact) mass is 286 g/mol. The Labute approximate surface area is 119 Å². The van der Waals surface area contributed by atoms with Crippen molar-refractivity contribution in [2.24, 2.45) is 5.10 Å². The standard InChI is InChI=1S/C13H10N4O4/c18-16(19)12-8-6-11(7-9-12)14-15-13(17(20)21)10-4-2-1-3-5-10/h1-9,14H/b15-13-. The van der Waals surface area contributed by atoms with E-state index in [-0.39, 0.29) is 11.5 Å². The maximum Gasteiger partial charge on any atom is 0.395 e. The van der Waals surface area contributed by atoms with Gasteiger partial charge in [0.15, 0.2) is 0 Å². The van der Waals surface area contributed by atoms with Crippen LogP contribution in [0.4, 0.5) is 11.4 Å². The van der Waals surface area contributed by atoms with Gasteiger partial charge in [0.2, 0.25) is 0 Å². The lowest BCUT2D eigenvalue weighted by Gasteiger charge is -1.99. The lowest BCUT2D eigenvalue weighted by atomic mass is 10.2. The molecule has 0 radical (unpaired) electrons. The molecule has 0 spiro atoms. The molecule has 8 heteroatoms. The zero-order chi connectivity index (χ0) is 15.2. The number of hydrazone groups is 1. The minimum Gasteiger partial charge on any atom is -0.358 e. The Morgan fingerprint density at radius 1 is 0.952 bits per heavy atom. The van der Waals surface area contributed by atoms with Gasteiger partial charge in [-0.3, -0.25) is 10.1 Å². The highest BCUT2D eigenvalue weighted by Gasteiger charge is 2.15. The summed E-state index contributed by atoms with van der Waals surface area (Å²) >= 11 is 0. The van der Waals surface area contributed by atoms with Gasteiger partial charge in [0.25, 0.3) is 5.69 Å². The first-order valence-electron chi connectivity index (χ1n) is 5.86. The molecule has 2 aromatic carbocycles. The van der Waals surface area contributed by atoms with E-state index in [1.165, 1.54) is 24.3 Å². The van der Waals surface area contributed by atoms with Gasteiger partial charge in [0.05, 0.1) is 21.3 Å². The van der Waals surface area contributed by atoms with E-state index in [0.29, 0.717) is 11.3 Å². The smallest absolute Gasteiger partial charge is 0.358 e. The largest absolute Gasteiger partial charge is 0.395 e. The molecule has 0 fully saturated rings. The second-order valence-corrected chi connectivity index (χ2v) is 3.97. The Balaban J connectivity index is 2.21. The number of anilines is 1. The Morgan fingerprint density at radius 2 is 1.57 bits per heavy atom. The van der Waals surface area contributed by atoms with Gasteiger partial charge in [-0.1, -0.05) is 18.2 Å². The first-order valence-corrected chi connectivity index (χ1v) is 5.86. The quantitative estimate of drug-likeness (QED) is 0.402. The van der Waals surface area contributed by atoms with Gasteiger partial charge in [-0.25, -0.2) is 0 Å². The van der Waals surface area contributed by atoms with E-state index in [4.69, 9.17) is 0 Å². The predicted octanol–water partition coefficient (Wildman–Crippen LogP) is 2.65. The number of nitrogens with one attached hydrogen (secondary N) is 1. The molecule has 0 atom stereocenters. The van der Waals surface area contributed by atoms with Gasteiger partial charge < -0.3 is 10.1 Å². The maximum atomic E-state index is 11.0. The molecule has 21 heavy (non-hydrogen) atoms. The van der Waals surface area contributed by atoms with Crippen molar-refractivity contribution < 1.29 is 9.85 Å². The zero-order valence-electron chi connectivity index (χ0n) is 10.7. The van der Waals surface area contributed by atoms with E-state index in [0.717, 1.165) is 0 Å². The van der Waals surface area contributed by atoms with Crippen LogP contribution in [0.25, 0.3) is 0 Å². The number of amidine groups is 1. The molecular formula is C13H10N4O4. The maximum absolute atomic E-state index is 11.0. The van der Waals surface area contributed by atoms with Crippen LogP contribution in [0, 0.1) is 20.2 Å². The summed E-state index contributed by atoms with van der Waals surface area (Å²) in [5.74, 6) is -0.339. The molecule has 0 heterocycles. The molecule has 0 amide bonds. The number of benzene rings is 2. The van der Waals surface area contributed by atoms with Gasteiger partial charge in [-0.15, -0.1) is 0 Å². The normalized spacial score (nSPS) is 11.0. The van der Waals surface area contributed by atoms with Gasteiger partial charge in [0.1, 0.15) is 0 Å². The summed E-state index contributed by atoms with van der Waals surface area (Å²) in [6.07, 6.45) is 0. The van der Waals surface area contributed by atoms with Crippen LogP contribution in [0.15, 0.2) is 59.7 Å². The van der Waals surface area contributed by atoms with E-state index in [9.17, 15) is 20.2 Å². The van der Waals surface area contributed by atoms with E-state index in [2.05, 4.69) is 10.5 Å². The first-order chi connectivity index (χ1) is 10.1. The molecule has 0 saturated carbocycles. The number of rotatable bonds is 4. The lowest BCUT2D eigenvalue weighted by Crippen LogP contribution is -2.15. The minimum absolute atomic E-state index is 0.0675. The first kappa shape index (κ1) is 14.1. The molecule has 0 unspecified atom stereocenters. The van der Waals surface area contributed by atoms with E-state index in [1.54, 1.807) is 30.3 Å². The molecule has 1 N–H and O–H groups in total. The number of nitro groups is 2. The molecule has 8 nitrogen and oxygen atoms in total. The summed E-state index contributed by atoms with van der Waals surface area (Å²) in [7, 11) is 0. The van der Waals surface area contributed by atoms with E-state index < -0.39 is 9.85 Å². The minimum atomic E-state index is -0.603. The van der Waals surface area contributed by atoms with Crippen molar-refractivity contribution in [1.29, 1.82) is 0 Å². The molecule has 106 valence electrons. The van der Waals surface area contributed by atoms with Gasteiger partial charge in [-0.2, -0.15) is 5.43 Å². The number of nitro benzene ring substituents is 1. The summed E-state index contributed by atoms with van der Waals surface area (Å²) in [5, 5.41) is 25.3. The molecule has 0 saturated heterocycles. The Hall–Kier alpha value is -3.29. The van der Waals surface area contributed by atoms with Crippen LogP contribution in [-0.2, 0) is 0 Å². The molecule has 2 rings (SSSR count). The fraction of sp³-hybridized carbons (Fsp3) is 0. The van der Waals surface area contributed by atoms with Crippen LogP contribution >= 0.6 is 0 Å². The van der Waals surface area contributed by atoms with Crippen LogP contribution in [0.5, 0.6) is 0 Å². The zero-order valence-corrected chi connectivity index (χ0v) is 10.7. The predicted molar refractivity (Wildman–Crippen MR) is 76.7 cm³/mol. The van der Waals surface area contributed by atoms with Crippen molar-refractivity contribution in [2.75, 3.05) is 5.43 Å². The summed E-state index contributed by atoms with van der Waals surface area (Å²) < 4.78 is 0. The molecule has 0 aliphatic carbocycles. The van der Waals surface area contributed by atoms with Crippen molar-refractivity contribution >= 4 is 17.2 Å². The van der Waals surface area contributed by atoms with Gasteiger partial charge in [-0.05, 0) is 29.2 Å². The van der Waals surface area contributed by atoms with Crippen LogP contribution in [-0.4, -0.2) is 15.7 Å². The van der Waals surface area contributed by atoms with Crippen LogP contribution in [0.2, 0.25) is 0 Å². The SMILES string of the molecule is O=[N+]([O-])/C(=N\Nc1ccc([N+](=O)[O-])cc1)c1ccccc1. The van der Waals surface area contributed by atoms with Crippen LogP contribution in [0.3, 0.4) is 0 Å². The summed E-state index contributed by atoms with van der Waals surface area (Å²) in [6.45, 7) is 0. The third-order valence-electron chi connectivity index (χ3n) is 2.57. The highest BCUT2D eigenvalue weighted by atomic mass is 16.6. The highest BCUT2D eigenvalue weighted by Crippen LogP contribution is 2.15. The van der Waals surface area contributed by atoms with E-state index in [1.807, 2.05) is 0 Å². The van der Waals surface area contributed by atoms with E-state index >= 15 is 0 Å². The molecule has 2 aromatic rings. The second kappa shape index (κ2) is 6.24. The molecular weight excluding hydrogens is 276 g/mol. The highest BCUT2D eigenvalue weighted by molar-refractivity contribution is 5.92. The Bertz CT molecular complexity index is 683. The van der Waals surface area contributed by atoms with Crippen molar-refractivity contribution in [3.05, 3.63) is 80.4 Å². The summed E-state index contributed by atoms with van der Waals surface area (Å²) in [6, 6.07) is 13.6. The number of non-ortho nitro benzene ring substituents is 1. The third-order valence-corrected chi connectivity index (χ3v) is 2.57. The number of nitrogens with zero attached hydrogens (tertiary/aromatic N) is 3. The third kappa shape index (κ3) is 3.60. The lowest BCUT2D eigenvalue weighted by molar-refractivity contribution is -0.384. The number of hydrogen-bond donors (Lipinski definition) is 1. The van der Waals surface area contributed by atoms with Crippen molar-refractivity contribution in [3.63, 3.8) is 0 Å². The van der Waals surface area contributed by atoms with Crippen LogP contribution in [0.1, 0.15) is 5.56 Å². The molecule has 0 aliphatic heterocycles. The van der Waals surface area contributed by atoms with Crippen molar-refractivity contribution in [3.8, 4) is 0 Å². The van der Waals surface area contributed by atoms with Gasteiger partial charge >= 0.3 is 5.84 Å². The van der Waals surface area contributed by atoms with Gasteiger partial charge in [0, 0.05) is 12.1 Å². The summed E-state index contributed by atoms with van der Waals surface area (Å²) in [4.78, 5) is 20.4. The second-order valence-electron chi connectivity index (χ2n) is 3.97. The van der Waals surface area contributed by atoms with Crippen molar-refractivity contribution in [1.82, 2.24) is 0 Å². The number of hydrogen-bond acceptors (Lipinski definition) is 6. The Kier molecular flexibility index (Phi) is 4.20.